The minimum atomic E-state index is -1.68. The standard InChI is InChI=1S/C34H39NO14S/c1-15(36)35-22-11-9-19-13-24(27(42-5)28(43-6)26(19)20-10-12-25(50-8)23(40)14-21(20)22)48-34-32(47-18(4)39)30(46-17(3)38)29(45-16(2)37)31(49-34)33(41)44-7/h10,12-14,22,29-32,34H,9,11H2,1-8H3,(H,35,36)/t22-,29+,30+,31+,32-,34-/m1/s1. The summed E-state index contributed by atoms with van der Waals surface area (Å²) in [5.41, 5.74) is 2.19. The SMILES string of the molecule is COC(=O)[C@H]1O[C@@H](Oc2cc3c(c(OC)c2OC)-c2ccc(SC)c(=O)cc2[C@H](NC(C)=O)CC3)[C@H](OC(C)=O)[C@@H](OC(C)=O)[C@@H]1OC(C)=O. The summed E-state index contributed by atoms with van der Waals surface area (Å²) >= 11 is 1.29. The second-order valence-corrected chi connectivity index (χ2v) is 12.2. The summed E-state index contributed by atoms with van der Waals surface area (Å²) in [6.07, 6.45) is -5.55. The van der Waals surface area contributed by atoms with Crippen LogP contribution in [0.4, 0.5) is 0 Å². The Labute approximate surface area is 292 Å². The van der Waals surface area contributed by atoms with Crippen molar-refractivity contribution in [2.24, 2.45) is 0 Å². The highest BCUT2D eigenvalue weighted by Gasteiger charge is 2.56. The molecule has 1 fully saturated rings. The Morgan fingerprint density at radius 1 is 0.840 bits per heavy atom. The molecule has 1 N–H and O–H groups in total. The fourth-order valence-electron chi connectivity index (χ4n) is 6.10. The molecule has 1 saturated heterocycles. The van der Waals surface area contributed by atoms with Crippen LogP contribution in [0.1, 0.15) is 51.3 Å². The van der Waals surface area contributed by atoms with Crippen molar-refractivity contribution >= 4 is 41.5 Å². The zero-order valence-corrected chi connectivity index (χ0v) is 29.6. The molecule has 0 radical (unpaired) electrons. The fraction of sp³-hybridized carbons (Fsp3) is 0.471. The van der Waals surface area contributed by atoms with Crippen molar-refractivity contribution in [3.63, 3.8) is 0 Å². The maximum atomic E-state index is 13.2. The van der Waals surface area contributed by atoms with Gasteiger partial charge in [-0.05, 0) is 54.0 Å². The molecule has 1 aliphatic carbocycles. The second-order valence-electron chi connectivity index (χ2n) is 11.3. The predicted molar refractivity (Wildman–Crippen MR) is 176 cm³/mol. The lowest BCUT2D eigenvalue weighted by Gasteiger charge is -2.43. The lowest BCUT2D eigenvalue weighted by atomic mass is 9.95. The van der Waals surface area contributed by atoms with Gasteiger partial charge in [-0.15, -0.1) is 11.8 Å². The molecular formula is C34H39NO14S. The van der Waals surface area contributed by atoms with E-state index in [-0.39, 0.29) is 28.6 Å². The summed E-state index contributed by atoms with van der Waals surface area (Å²) in [4.78, 5) is 75.6. The van der Waals surface area contributed by atoms with Crippen LogP contribution in [0.25, 0.3) is 11.1 Å². The third kappa shape index (κ3) is 8.13. The number of fused-ring (bicyclic) bond motifs is 3. The van der Waals surface area contributed by atoms with Gasteiger partial charge in [0.15, 0.2) is 35.2 Å². The van der Waals surface area contributed by atoms with E-state index in [2.05, 4.69) is 5.32 Å². The topological polar surface area (TPSA) is 188 Å². The van der Waals surface area contributed by atoms with Gasteiger partial charge >= 0.3 is 23.9 Å². The average Bonchev–Trinajstić information content (AvgIpc) is 3.29. The first-order valence-corrected chi connectivity index (χ1v) is 16.7. The molecule has 16 heteroatoms. The summed E-state index contributed by atoms with van der Waals surface area (Å²) in [5, 5.41) is 2.94. The zero-order chi connectivity index (χ0) is 36.9. The number of carbonyl (C=O) groups is 5. The number of benzene rings is 1. The lowest BCUT2D eigenvalue weighted by Crippen LogP contribution is -2.64. The van der Waals surface area contributed by atoms with Crippen LogP contribution in [-0.4, -0.2) is 88.1 Å². The molecule has 15 nitrogen and oxygen atoms in total. The van der Waals surface area contributed by atoms with Crippen LogP contribution in [0.3, 0.4) is 0 Å². The maximum Gasteiger partial charge on any atom is 0.339 e. The molecular weight excluding hydrogens is 678 g/mol. The van der Waals surface area contributed by atoms with E-state index in [1.807, 2.05) is 0 Å². The number of ether oxygens (including phenoxy) is 8. The Morgan fingerprint density at radius 2 is 1.46 bits per heavy atom. The van der Waals surface area contributed by atoms with E-state index < -0.39 is 60.6 Å². The lowest BCUT2D eigenvalue weighted by molar-refractivity contribution is -0.282. The van der Waals surface area contributed by atoms with Crippen molar-refractivity contribution in [1.29, 1.82) is 0 Å². The highest BCUT2D eigenvalue weighted by molar-refractivity contribution is 7.98. The van der Waals surface area contributed by atoms with Crippen LogP contribution in [0.2, 0.25) is 0 Å². The minimum absolute atomic E-state index is 0.00975. The predicted octanol–water partition coefficient (Wildman–Crippen LogP) is 2.65. The largest absolute Gasteiger partial charge is 0.492 e. The van der Waals surface area contributed by atoms with Gasteiger partial charge in [-0.25, -0.2) is 4.79 Å². The highest BCUT2D eigenvalue weighted by Crippen LogP contribution is 2.51. The van der Waals surface area contributed by atoms with Crippen LogP contribution >= 0.6 is 11.8 Å². The van der Waals surface area contributed by atoms with Gasteiger partial charge in [-0.3, -0.25) is 24.0 Å². The van der Waals surface area contributed by atoms with Gasteiger partial charge in [0.1, 0.15) is 0 Å². The second kappa shape index (κ2) is 16.3. The van der Waals surface area contributed by atoms with Gasteiger partial charge in [0.05, 0.1) is 32.3 Å². The number of methoxy groups -OCH3 is 3. The third-order valence-electron chi connectivity index (χ3n) is 7.96. The van der Waals surface area contributed by atoms with E-state index in [4.69, 9.17) is 37.9 Å². The number of thioether (sulfide) groups is 1. The van der Waals surface area contributed by atoms with Crippen LogP contribution in [0, 0.1) is 0 Å². The molecule has 2 aromatic carbocycles. The number of amides is 1. The van der Waals surface area contributed by atoms with Crippen LogP contribution < -0.4 is 25.0 Å². The number of rotatable bonds is 10. The maximum absolute atomic E-state index is 13.2. The van der Waals surface area contributed by atoms with Crippen molar-refractivity contribution < 1.29 is 61.9 Å². The molecule has 1 aliphatic heterocycles. The average molecular weight is 718 g/mol. The van der Waals surface area contributed by atoms with Gasteiger partial charge in [-0.2, -0.15) is 0 Å². The Hall–Kier alpha value is -4.83. The number of carbonyl (C=O) groups excluding carboxylic acids is 5. The molecule has 1 heterocycles. The van der Waals surface area contributed by atoms with Crippen molar-refractivity contribution in [3.05, 3.63) is 45.6 Å². The Bertz CT molecular complexity index is 1730. The van der Waals surface area contributed by atoms with Crippen LogP contribution in [-0.2, 0) is 54.1 Å². The van der Waals surface area contributed by atoms with Crippen molar-refractivity contribution in [3.8, 4) is 28.4 Å². The molecule has 6 atom stereocenters. The van der Waals surface area contributed by atoms with Gasteiger partial charge in [0.2, 0.25) is 24.1 Å². The first kappa shape index (κ1) is 38.0. The number of esters is 4. The molecule has 2 aromatic rings. The quantitative estimate of drug-likeness (QED) is 0.214. The first-order valence-electron chi connectivity index (χ1n) is 15.4. The molecule has 0 spiro atoms. The summed E-state index contributed by atoms with van der Waals surface area (Å²) in [6.45, 7) is 4.64. The molecule has 0 saturated carbocycles. The highest BCUT2D eigenvalue weighted by atomic mass is 32.2. The van der Waals surface area contributed by atoms with Crippen molar-refractivity contribution in [2.75, 3.05) is 27.6 Å². The third-order valence-corrected chi connectivity index (χ3v) is 8.73. The Balaban J connectivity index is 1.94. The van der Waals surface area contributed by atoms with Gasteiger partial charge < -0.3 is 43.2 Å². The number of nitrogens with one attached hydrogen (secondary N) is 1. The fourth-order valence-corrected chi connectivity index (χ4v) is 6.56. The molecule has 50 heavy (non-hydrogen) atoms. The van der Waals surface area contributed by atoms with Crippen molar-refractivity contribution in [1.82, 2.24) is 5.32 Å². The van der Waals surface area contributed by atoms with Gasteiger partial charge in [0, 0.05) is 33.3 Å². The van der Waals surface area contributed by atoms with Crippen molar-refractivity contribution in [2.45, 2.75) is 82.2 Å². The van der Waals surface area contributed by atoms with E-state index >= 15 is 0 Å². The molecule has 0 unspecified atom stereocenters. The Kier molecular flexibility index (Phi) is 12.3. The first-order chi connectivity index (χ1) is 23.7. The molecule has 0 bridgehead atoms. The van der Waals surface area contributed by atoms with E-state index in [1.54, 1.807) is 24.5 Å². The number of hydrogen-bond acceptors (Lipinski definition) is 15. The number of hydrogen-bond donors (Lipinski definition) is 1. The summed E-state index contributed by atoms with van der Waals surface area (Å²) in [7, 11) is 3.86. The monoisotopic (exact) mass is 717 g/mol. The van der Waals surface area contributed by atoms with Gasteiger partial charge in [-0.1, -0.05) is 6.07 Å². The zero-order valence-electron chi connectivity index (χ0n) is 28.8. The van der Waals surface area contributed by atoms with E-state index in [0.717, 1.165) is 27.9 Å². The molecule has 4 rings (SSSR count). The molecule has 1 amide bonds. The smallest absolute Gasteiger partial charge is 0.339 e. The number of aryl methyl sites for hydroxylation is 1. The summed E-state index contributed by atoms with van der Waals surface area (Å²) < 4.78 is 45.2. The summed E-state index contributed by atoms with van der Waals surface area (Å²) in [5.74, 6) is -3.53. The van der Waals surface area contributed by atoms with Gasteiger partial charge in [0.25, 0.3) is 0 Å². The molecule has 0 aromatic heterocycles. The van der Waals surface area contributed by atoms with E-state index in [0.29, 0.717) is 40.0 Å². The van der Waals surface area contributed by atoms with E-state index in [1.165, 1.54) is 39.0 Å². The van der Waals surface area contributed by atoms with Crippen LogP contribution in [0.15, 0.2) is 34.0 Å². The molecule has 270 valence electrons. The summed E-state index contributed by atoms with van der Waals surface area (Å²) in [6, 6.07) is 6.09. The molecule has 2 aliphatic rings. The normalized spacial score (nSPS) is 22.3. The van der Waals surface area contributed by atoms with E-state index in [9.17, 15) is 28.8 Å². The van der Waals surface area contributed by atoms with Crippen LogP contribution in [0.5, 0.6) is 17.2 Å². The minimum Gasteiger partial charge on any atom is -0.492 e. The Morgan fingerprint density at radius 3 is 2.02 bits per heavy atom.